The van der Waals surface area contributed by atoms with Crippen molar-refractivity contribution < 1.29 is 9.59 Å². The van der Waals surface area contributed by atoms with Crippen molar-refractivity contribution in [2.45, 2.75) is 6.04 Å². The second-order valence-electron chi connectivity index (χ2n) is 7.99. The first-order valence-electron chi connectivity index (χ1n) is 10.9. The molecular formula is C26H28N4O2. The van der Waals surface area contributed by atoms with Gasteiger partial charge in [0.2, 0.25) is 5.91 Å². The maximum Gasteiger partial charge on any atom is 0.250 e. The average Bonchev–Trinajstić information content (AvgIpc) is 2.82. The van der Waals surface area contributed by atoms with Crippen molar-refractivity contribution in [1.82, 2.24) is 9.80 Å². The van der Waals surface area contributed by atoms with Crippen LogP contribution in [0.5, 0.6) is 0 Å². The quantitative estimate of drug-likeness (QED) is 0.606. The van der Waals surface area contributed by atoms with Gasteiger partial charge in [-0.1, -0.05) is 72.8 Å². The molecule has 1 fully saturated rings. The van der Waals surface area contributed by atoms with Gasteiger partial charge in [0.05, 0.1) is 23.8 Å². The summed E-state index contributed by atoms with van der Waals surface area (Å²) in [5.74, 6) is -0.697. The molecule has 3 aromatic carbocycles. The van der Waals surface area contributed by atoms with Gasteiger partial charge >= 0.3 is 0 Å². The van der Waals surface area contributed by atoms with E-state index in [0.29, 0.717) is 11.3 Å². The fraction of sp³-hybridized carbons (Fsp3) is 0.231. The number of hydrogen-bond acceptors (Lipinski definition) is 4. The number of para-hydroxylation sites is 1. The van der Waals surface area contributed by atoms with Crippen molar-refractivity contribution in [3.05, 3.63) is 102 Å². The lowest BCUT2D eigenvalue weighted by atomic mass is 9.96. The molecule has 6 heteroatoms. The van der Waals surface area contributed by atoms with Gasteiger partial charge in [0.1, 0.15) is 0 Å². The lowest BCUT2D eigenvalue weighted by Gasteiger charge is -2.39. The van der Waals surface area contributed by atoms with Crippen LogP contribution in [0, 0.1) is 0 Å². The largest absolute Gasteiger partial charge is 0.366 e. The molecule has 6 nitrogen and oxygen atoms in total. The number of nitrogens with zero attached hydrogens (tertiary/aromatic N) is 2. The third-order valence-electron chi connectivity index (χ3n) is 5.84. The Morgan fingerprint density at radius 2 is 1.31 bits per heavy atom. The average molecular weight is 429 g/mol. The molecule has 0 saturated carbocycles. The van der Waals surface area contributed by atoms with Crippen LogP contribution in [0.2, 0.25) is 0 Å². The third-order valence-corrected chi connectivity index (χ3v) is 5.84. The van der Waals surface area contributed by atoms with Crippen molar-refractivity contribution in [2.75, 3.05) is 38.0 Å². The zero-order valence-electron chi connectivity index (χ0n) is 18.0. The molecule has 0 atom stereocenters. The fourth-order valence-electron chi connectivity index (χ4n) is 4.26. The molecule has 0 bridgehead atoms. The third kappa shape index (κ3) is 5.22. The molecule has 32 heavy (non-hydrogen) atoms. The van der Waals surface area contributed by atoms with E-state index in [1.807, 2.05) is 12.1 Å². The van der Waals surface area contributed by atoms with Gasteiger partial charge in [-0.25, -0.2) is 0 Å². The van der Waals surface area contributed by atoms with Crippen LogP contribution in [0.25, 0.3) is 0 Å². The Bertz CT molecular complexity index is 1010. The lowest BCUT2D eigenvalue weighted by molar-refractivity contribution is -0.117. The van der Waals surface area contributed by atoms with Crippen molar-refractivity contribution in [3.8, 4) is 0 Å². The molecule has 0 unspecified atom stereocenters. The summed E-state index contributed by atoms with van der Waals surface area (Å²) in [5, 5.41) is 2.83. The molecule has 0 aromatic heterocycles. The minimum absolute atomic E-state index is 0.144. The van der Waals surface area contributed by atoms with Crippen LogP contribution in [0.15, 0.2) is 84.9 Å². The molecule has 2 amide bonds. The van der Waals surface area contributed by atoms with Crippen LogP contribution < -0.4 is 11.1 Å². The normalized spacial score (nSPS) is 14.9. The van der Waals surface area contributed by atoms with Crippen LogP contribution in [-0.4, -0.2) is 54.3 Å². The molecule has 3 N–H and O–H groups in total. The summed E-state index contributed by atoms with van der Waals surface area (Å²) >= 11 is 0. The van der Waals surface area contributed by atoms with Gasteiger partial charge in [-0.2, -0.15) is 0 Å². The zero-order valence-corrected chi connectivity index (χ0v) is 18.0. The van der Waals surface area contributed by atoms with E-state index in [2.05, 4.69) is 63.6 Å². The molecule has 1 heterocycles. The predicted octanol–water partition coefficient (Wildman–Crippen LogP) is 3.13. The van der Waals surface area contributed by atoms with E-state index in [4.69, 9.17) is 5.73 Å². The molecule has 0 radical (unpaired) electrons. The predicted molar refractivity (Wildman–Crippen MR) is 126 cm³/mol. The monoisotopic (exact) mass is 428 g/mol. The number of hydrogen-bond donors (Lipinski definition) is 2. The van der Waals surface area contributed by atoms with E-state index in [0.717, 1.165) is 26.2 Å². The lowest BCUT2D eigenvalue weighted by Crippen LogP contribution is -2.49. The van der Waals surface area contributed by atoms with E-state index < -0.39 is 5.91 Å². The smallest absolute Gasteiger partial charge is 0.250 e. The van der Waals surface area contributed by atoms with Crippen LogP contribution >= 0.6 is 0 Å². The second kappa shape index (κ2) is 10.2. The summed E-state index contributed by atoms with van der Waals surface area (Å²) in [6.45, 7) is 3.59. The Balaban J connectivity index is 1.39. The molecule has 0 aliphatic carbocycles. The van der Waals surface area contributed by atoms with Crippen LogP contribution in [-0.2, 0) is 4.79 Å². The van der Waals surface area contributed by atoms with E-state index in [1.165, 1.54) is 11.1 Å². The zero-order chi connectivity index (χ0) is 22.3. The standard InChI is InChI=1S/C26H28N4O2/c27-26(32)22-13-7-8-14-23(22)28-24(31)19-29-15-17-30(18-16-29)25(20-9-3-1-4-10-20)21-11-5-2-6-12-21/h1-14,25H,15-19H2,(H2,27,32)(H,28,31). The highest BCUT2D eigenvalue weighted by molar-refractivity contribution is 6.03. The van der Waals surface area contributed by atoms with Crippen molar-refractivity contribution in [1.29, 1.82) is 0 Å². The van der Waals surface area contributed by atoms with Gasteiger partial charge in [-0.05, 0) is 23.3 Å². The minimum Gasteiger partial charge on any atom is -0.366 e. The van der Waals surface area contributed by atoms with Crippen LogP contribution in [0.3, 0.4) is 0 Å². The number of anilines is 1. The van der Waals surface area contributed by atoms with Crippen molar-refractivity contribution >= 4 is 17.5 Å². The number of rotatable bonds is 7. The summed E-state index contributed by atoms with van der Waals surface area (Å²) in [7, 11) is 0. The summed E-state index contributed by atoms with van der Waals surface area (Å²) in [4.78, 5) is 28.8. The minimum atomic E-state index is -0.553. The van der Waals surface area contributed by atoms with Crippen LogP contribution in [0.4, 0.5) is 5.69 Å². The molecule has 3 aromatic rings. The number of piperazine rings is 1. The highest BCUT2D eigenvalue weighted by Gasteiger charge is 2.27. The Hall–Kier alpha value is -3.48. The van der Waals surface area contributed by atoms with E-state index in [1.54, 1.807) is 24.3 Å². The Morgan fingerprint density at radius 1 is 0.781 bits per heavy atom. The molecule has 0 spiro atoms. The van der Waals surface area contributed by atoms with Gasteiger partial charge < -0.3 is 11.1 Å². The topological polar surface area (TPSA) is 78.7 Å². The van der Waals surface area contributed by atoms with Gasteiger partial charge in [0.25, 0.3) is 5.91 Å². The number of primary amides is 1. The molecule has 1 saturated heterocycles. The molecule has 1 aliphatic heterocycles. The van der Waals surface area contributed by atoms with Crippen molar-refractivity contribution in [2.24, 2.45) is 5.73 Å². The first-order valence-corrected chi connectivity index (χ1v) is 10.9. The number of amides is 2. The summed E-state index contributed by atoms with van der Waals surface area (Å²) in [6.07, 6.45) is 0. The SMILES string of the molecule is NC(=O)c1ccccc1NC(=O)CN1CCN(C(c2ccccc2)c2ccccc2)CC1. The van der Waals surface area contributed by atoms with Gasteiger partial charge in [-0.3, -0.25) is 19.4 Å². The number of carbonyl (C=O) groups is 2. The Morgan fingerprint density at radius 3 is 1.88 bits per heavy atom. The maximum atomic E-state index is 12.6. The number of nitrogens with one attached hydrogen (secondary N) is 1. The number of carbonyl (C=O) groups excluding carboxylic acids is 2. The van der Waals surface area contributed by atoms with Gasteiger partial charge in [0, 0.05) is 26.2 Å². The fourth-order valence-corrected chi connectivity index (χ4v) is 4.26. The summed E-state index contributed by atoms with van der Waals surface area (Å²) in [6, 6.07) is 28.1. The first kappa shape index (κ1) is 21.7. The van der Waals surface area contributed by atoms with E-state index >= 15 is 0 Å². The van der Waals surface area contributed by atoms with Gasteiger partial charge in [-0.15, -0.1) is 0 Å². The molecule has 164 valence electrons. The molecular weight excluding hydrogens is 400 g/mol. The maximum absolute atomic E-state index is 12.6. The molecule has 1 aliphatic rings. The number of nitrogens with two attached hydrogens (primary N) is 1. The van der Waals surface area contributed by atoms with Gasteiger partial charge in [0.15, 0.2) is 0 Å². The van der Waals surface area contributed by atoms with E-state index in [9.17, 15) is 9.59 Å². The molecule has 4 rings (SSSR count). The summed E-state index contributed by atoms with van der Waals surface area (Å²) in [5.41, 5.74) is 8.72. The Labute approximate surface area is 188 Å². The number of benzene rings is 3. The van der Waals surface area contributed by atoms with Crippen LogP contribution in [0.1, 0.15) is 27.5 Å². The summed E-state index contributed by atoms with van der Waals surface area (Å²) < 4.78 is 0. The van der Waals surface area contributed by atoms with Crippen molar-refractivity contribution in [3.63, 3.8) is 0 Å². The van der Waals surface area contributed by atoms with E-state index in [-0.39, 0.29) is 18.5 Å². The first-order chi connectivity index (χ1) is 15.6. The Kier molecular flexibility index (Phi) is 6.94. The highest BCUT2D eigenvalue weighted by Crippen LogP contribution is 2.29. The highest BCUT2D eigenvalue weighted by atomic mass is 16.2. The second-order valence-corrected chi connectivity index (χ2v) is 7.99.